The van der Waals surface area contributed by atoms with Gasteiger partial charge in [0, 0.05) is 30.4 Å². The van der Waals surface area contributed by atoms with Crippen LogP contribution in [0.25, 0.3) is 0 Å². The maximum Gasteiger partial charge on any atom is 0.319 e. The third-order valence-electron chi connectivity index (χ3n) is 4.88. The molecule has 0 aromatic heterocycles. The Labute approximate surface area is 185 Å². The van der Waals surface area contributed by atoms with Crippen molar-refractivity contribution in [2.45, 2.75) is 13.8 Å². The van der Waals surface area contributed by atoms with E-state index in [1.807, 2.05) is 25.1 Å². The maximum atomic E-state index is 13.8. The lowest BCUT2D eigenvalue weighted by Gasteiger charge is -2.23. The third kappa shape index (κ3) is 5.03. The molecule has 0 aliphatic heterocycles. The highest BCUT2D eigenvalue weighted by Crippen LogP contribution is 2.34. The number of hydrogen-bond donors (Lipinski definition) is 2. The monoisotopic (exact) mass is 439 g/mol. The lowest BCUT2D eigenvalue weighted by molar-refractivity contribution is 0.103. The quantitative estimate of drug-likeness (QED) is 0.468. The van der Waals surface area contributed by atoms with Crippen LogP contribution in [0.1, 0.15) is 28.4 Å². The van der Waals surface area contributed by atoms with Crippen LogP contribution in [0, 0.1) is 12.7 Å². The fourth-order valence-corrected chi connectivity index (χ4v) is 3.50. The smallest absolute Gasteiger partial charge is 0.319 e. The fourth-order valence-electron chi connectivity index (χ4n) is 3.24. The van der Waals surface area contributed by atoms with E-state index in [4.69, 9.17) is 11.6 Å². The van der Waals surface area contributed by atoms with E-state index in [2.05, 4.69) is 10.6 Å². The molecule has 0 radical (unpaired) electrons. The Morgan fingerprint density at radius 1 is 1.03 bits per heavy atom. The molecule has 0 atom stereocenters. The topological polar surface area (TPSA) is 61.4 Å². The molecular formula is C24H23ClFN3O2. The summed E-state index contributed by atoms with van der Waals surface area (Å²) in [6.07, 6.45) is 0. The van der Waals surface area contributed by atoms with Gasteiger partial charge in [-0.25, -0.2) is 9.18 Å². The summed E-state index contributed by atoms with van der Waals surface area (Å²) in [6, 6.07) is 16.1. The normalized spacial score (nSPS) is 10.5. The second kappa shape index (κ2) is 9.62. The number of benzene rings is 3. The number of amides is 2. The maximum absolute atomic E-state index is 13.8. The molecule has 3 rings (SSSR count). The van der Waals surface area contributed by atoms with Gasteiger partial charge in [0.15, 0.2) is 5.78 Å². The number of urea groups is 1. The van der Waals surface area contributed by atoms with Crippen molar-refractivity contribution >= 4 is 40.5 Å². The molecule has 160 valence electrons. The van der Waals surface area contributed by atoms with Gasteiger partial charge in [-0.05, 0) is 55.8 Å². The summed E-state index contributed by atoms with van der Waals surface area (Å²) in [5.41, 5.74) is 3.42. The van der Waals surface area contributed by atoms with E-state index in [-0.39, 0.29) is 5.78 Å². The molecule has 0 bridgehead atoms. The summed E-state index contributed by atoms with van der Waals surface area (Å²) in [6.45, 7) is 4.11. The first-order chi connectivity index (χ1) is 14.8. The molecule has 0 heterocycles. The highest BCUT2D eigenvalue weighted by atomic mass is 35.5. The van der Waals surface area contributed by atoms with E-state index in [1.165, 1.54) is 12.1 Å². The van der Waals surface area contributed by atoms with Gasteiger partial charge >= 0.3 is 6.03 Å². The van der Waals surface area contributed by atoms with Crippen LogP contribution in [0.2, 0.25) is 5.02 Å². The average molecular weight is 440 g/mol. The predicted molar refractivity (Wildman–Crippen MR) is 123 cm³/mol. The van der Waals surface area contributed by atoms with Gasteiger partial charge in [0.1, 0.15) is 5.82 Å². The van der Waals surface area contributed by atoms with Crippen LogP contribution in [0.15, 0.2) is 60.7 Å². The van der Waals surface area contributed by atoms with E-state index in [0.29, 0.717) is 39.8 Å². The first kappa shape index (κ1) is 22.3. The molecule has 3 aromatic rings. The molecule has 0 aliphatic carbocycles. The number of carbonyl (C=O) groups is 2. The van der Waals surface area contributed by atoms with Crippen LogP contribution >= 0.6 is 11.6 Å². The Morgan fingerprint density at radius 3 is 2.45 bits per heavy atom. The number of aryl methyl sites for hydroxylation is 1. The highest BCUT2D eigenvalue weighted by Gasteiger charge is 2.18. The third-order valence-corrected chi connectivity index (χ3v) is 5.19. The first-order valence-electron chi connectivity index (χ1n) is 9.79. The van der Waals surface area contributed by atoms with E-state index < -0.39 is 11.8 Å². The van der Waals surface area contributed by atoms with Crippen LogP contribution < -0.4 is 15.5 Å². The fraction of sp³-hybridized carbons (Fsp3) is 0.167. The molecule has 0 saturated heterocycles. The predicted octanol–water partition coefficient (Wildman–Crippen LogP) is 5.93. The first-order valence-corrected chi connectivity index (χ1v) is 10.2. The lowest BCUT2D eigenvalue weighted by Crippen LogP contribution is -2.29. The number of nitrogens with zero attached hydrogens (tertiary/aromatic N) is 1. The Kier molecular flexibility index (Phi) is 6.92. The Morgan fingerprint density at radius 2 is 1.77 bits per heavy atom. The molecule has 0 aliphatic rings. The minimum absolute atomic E-state index is 0.155. The van der Waals surface area contributed by atoms with Crippen molar-refractivity contribution in [2.24, 2.45) is 0 Å². The average Bonchev–Trinajstić information content (AvgIpc) is 2.73. The summed E-state index contributed by atoms with van der Waals surface area (Å²) in [5.74, 6) is -0.626. The van der Waals surface area contributed by atoms with Gasteiger partial charge < -0.3 is 15.5 Å². The van der Waals surface area contributed by atoms with Gasteiger partial charge in [-0.1, -0.05) is 35.9 Å². The zero-order valence-electron chi connectivity index (χ0n) is 17.5. The second-order valence-corrected chi connectivity index (χ2v) is 7.42. The summed E-state index contributed by atoms with van der Waals surface area (Å²) in [7, 11) is 1.77. The Bertz CT molecular complexity index is 1130. The summed E-state index contributed by atoms with van der Waals surface area (Å²) in [5, 5.41) is 5.58. The van der Waals surface area contributed by atoms with Crippen LogP contribution in [0.4, 0.5) is 26.2 Å². The van der Waals surface area contributed by atoms with Gasteiger partial charge in [-0.15, -0.1) is 0 Å². The number of anilines is 3. The van der Waals surface area contributed by atoms with Gasteiger partial charge in [0.2, 0.25) is 0 Å². The van der Waals surface area contributed by atoms with Crippen molar-refractivity contribution < 1.29 is 14.0 Å². The van der Waals surface area contributed by atoms with Crippen LogP contribution in [0.5, 0.6) is 0 Å². The minimum atomic E-state index is -0.471. The van der Waals surface area contributed by atoms with Crippen molar-refractivity contribution in [1.82, 2.24) is 5.32 Å². The van der Waals surface area contributed by atoms with Crippen molar-refractivity contribution in [3.63, 3.8) is 0 Å². The highest BCUT2D eigenvalue weighted by molar-refractivity contribution is 6.35. The number of ketones is 1. The van der Waals surface area contributed by atoms with Crippen LogP contribution in [-0.2, 0) is 0 Å². The Balaban J connectivity index is 1.92. The molecule has 2 N–H and O–H groups in total. The van der Waals surface area contributed by atoms with E-state index in [1.54, 1.807) is 49.2 Å². The van der Waals surface area contributed by atoms with Gasteiger partial charge in [0.25, 0.3) is 0 Å². The molecule has 0 saturated carbocycles. The molecule has 0 unspecified atom stereocenters. The molecule has 0 spiro atoms. The van der Waals surface area contributed by atoms with E-state index >= 15 is 0 Å². The molecule has 3 aromatic carbocycles. The number of nitrogens with one attached hydrogen (secondary N) is 2. The molecule has 31 heavy (non-hydrogen) atoms. The molecule has 2 amide bonds. The second-order valence-electron chi connectivity index (χ2n) is 7.01. The standard InChI is InChI=1S/C24H23ClFN3O2/c1-4-27-24(31)28-21-13-16(26)9-12-22(21)29(3)17-10-11-19(20(25)14-17)23(30)18-8-6-5-7-15(18)2/h5-14H,4H2,1-3H3,(H2,27,28,31). The molecule has 7 heteroatoms. The molecular weight excluding hydrogens is 417 g/mol. The molecule has 0 fully saturated rings. The Hall–Kier alpha value is -3.38. The van der Waals surface area contributed by atoms with Crippen molar-refractivity contribution in [3.05, 3.63) is 88.2 Å². The van der Waals surface area contributed by atoms with Gasteiger partial charge in [-0.3, -0.25) is 4.79 Å². The molecule has 5 nitrogen and oxygen atoms in total. The van der Waals surface area contributed by atoms with Crippen molar-refractivity contribution in [1.29, 1.82) is 0 Å². The van der Waals surface area contributed by atoms with Crippen LogP contribution in [0.3, 0.4) is 0 Å². The van der Waals surface area contributed by atoms with E-state index in [9.17, 15) is 14.0 Å². The number of halogens is 2. The van der Waals surface area contributed by atoms with Gasteiger partial charge in [-0.2, -0.15) is 0 Å². The summed E-state index contributed by atoms with van der Waals surface area (Å²) >= 11 is 6.46. The minimum Gasteiger partial charge on any atom is -0.343 e. The van der Waals surface area contributed by atoms with E-state index in [0.717, 1.165) is 5.56 Å². The van der Waals surface area contributed by atoms with Gasteiger partial charge in [0.05, 0.1) is 16.4 Å². The lowest BCUT2D eigenvalue weighted by atomic mass is 9.99. The number of rotatable bonds is 6. The number of carbonyl (C=O) groups excluding carboxylic acids is 2. The SMILES string of the molecule is CCNC(=O)Nc1cc(F)ccc1N(C)c1ccc(C(=O)c2ccccc2C)c(Cl)c1. The largest absolute Gasteiger partial charge is 0.343 e. The summed E-state index contributed by atoms with van der Waals surface area (Å²) < 4.78 is 13.8. The van der Waals surface area contributed by atoms with Crippen LogP contribution in [-0.4, -0.2) is 25.4 Å². The number of hydrogen-bond acceptors (Lipinski definition) is 3. The van der Waals surface area contributed by atoms with Crippen molar-refractivity contribution in [2.75, 3.05) is 23.8 Å². The van der Waals surface area contributed by atoms with Crippen molar-refractivity contribution in [3.8, 4) is 0 Å². The zero-order chi connectivity index (χ0) is 22.5. The summed E-state index contributed by atoms with van der Waals surface area (Å²) in [4.78, 5) is 26.6. The zero-order valence-corrected chi connectivity index (χ0v) is 18.3.